The predicted octanol–water partition coefficient (Wildman–Crippen LogP) is 1.90. The zero-order chi connectivity index (χ0) is 13.7. The van der Waals surface area contributed by atoms with Gasteiger partial charge in [-0.2, -0.15) is 0 Å². The average molecular weight is 271 g/mol. The van der Waals surface area contributed by atoms with E-state index in [0.717, 1.165) is 4.90 Å². The summed E-state index contributed by atoms with van der Waals surface area (Å²) >= 11 is 1.45. The summed E-state index contributed by atoms with van der Waals surface area (Å²) in [6.07, 6.45) is 1.73. The Morgan fingerprint density at radius 1 is 1.39 bits per heavy atom. The van der Waals surface area contributed by atoms with Gasteiger partial charge in [-0.05, 0) is 18.4 Å². The summed E-state index contributed by atoms with van der Waals surface area (Å²) in [4.78, 5) is 11.6. The molecule has 0 aliphatic rings. The molecule has 5 nitrogen and oxygen atoms in total. The van der Waals surface area contributed by atoms with Gasteiger partial charge in [0.25, 0.3) is 0 Å². The molecule has 0 spiro atoms. The fourth-order valence-electron chi connectivity index (χ4n) is 1.75. The van der Waals surface area contributed by atoms with Crippen molar-refractivity contribution >= 4 is 17.7 Å². The Labute approximate surface area is 110 Å². The lowest BCUT2D eigenvalue weighted by molar-refractivity contribution is -0.137. The van der Waals surface area contributed by atoms with Crippen LogP contribution in [-0.2, 0) is 4.79 Å². The molecule has 0 fully saturated rings. The van der Waals surface area contributed by atoms with E-state index in [9.17, 15) is 4.79 Å². The van der Waals surface area contributed by atoms with Gasteiger partial charge in [-0.3, -0.25) is 4.79 Å². The van der Waals surface area contributed by atoms with Gasteiger partial charge in [-0.25, -0.2) is 0 Å². The molecule has 0 aliphatic carbocycles. The molecule has 0 amide bonds. The molecule has 6 heteroatoms. The number of ether oxygens (including phenoxy) is 2. The van der Waals surface area contributed by atoms with Gasteiger partial charge in [0.2, 0.25) is 0 Å². The Hall–Kier alpha value is -1.40. The van der Waals surface area contributed by atoms with Gasteiger partial charge >= 0.3 is 5.97 Å². The maximum Gasteiger partial charge on any atom is 0.305 e. The third-order valence-corrected chi connectivity index (χ3v) is 3.36. The summed E-state index contributed by atoms with van der Waals surface area (Å²) < 4.78 is 10.5. The van der Waals surface area contributed by atoms with E-state index >= 15 is 0 Å². The van der Waals surface area contributed by atoms with Crippen molar-refractivity contribution in [3.8, 4) is 11.5 Å². The van der Waals surface area contributed by atoms with E-state index in [4.69, 9.17) is 20.3 Å². The van der Waals surface area contributed by atoms with Crippen LogP contribution in [0.25, 0.3) is 0 Å². The zero-order valence-electron chi connectivity index (χ0n) is 10.6. The topological polar surface area (TPSA) is 81.8 Å². The van der Waals surface area contributed by atoms with Gasteiger partial charge in [0.05, 0.1) is 25.5 Å². The van der Waals surface area contributed by atoms with Crippen LogP contribution in [0, 0.1) is 0 Å². The standard InChI is InChI=1S/C12H17NO4S/c1-16-8-4-5-9(17-2)12(18-3)11(8)7(13)6-10(14)15/h4-5,7H,6,13H2,1-3H3,(H,14,15). The second kappa shape index (κ2) is 6.51. The lowest BCUT2D eigenvalue weighted by atomic mass is 10.0. The fourth-order valence-corrected chi connectivity index (χ4v) is 2.58. The molecule has 0 bridgehead atoms. The summed E-state index contributed by atoms with van der Waals surface area (Å²) in [5.74, 6) is 0.299. The molecular formula is C12H17NO4S. The molecule has 1 unspecified atom stereocenters. The van der Waals surface area contributed by atoms with Crippen molar-refractivity contribution in [3.63, 3.8) is 0 Å². The molecule has 0 aliphatic heterocycles. The smallest absolute Gasteiger partial charge is 0.305 e. The lowest BCUT2D eigenvalue weighted by Crippen LogP contribution is -2.17. The minimum atomic E-state index is -0.945. The van der Waals surface area contributed by atoms with Crippen molar-refractivity contribution < 1.29 is 19.4 Å². The number of rotatable bonds is 6. The number of carboxylic acids is 1. The van der Waals surface area contributed by atoms with Crippen LogP contribution in [-0.4, -0.2) is 31.6 Å². The Bertz CT molecular complexity index is 436. The highest BCUT2D eigenvalue weighted by atomic mass is 32.2. The van der Waals surface area contributed by atoms with E-state index in [1.54, 1.807) is 19.2 Å². The van der Waals surface area contributed by atoms with Crippen molar-refractivity contribution in [2.45, 2.75) is 17.4 Å². The third kappa shape index (κ3) is 3.08. The minimum Gasteiger partial charge on any atom is -0.496 e. The van der Waals surface area contributed by atoms with E-state index < -0.39 is 12.0 Å². The zero-order valence-corrected chi connectivity index (χ0v) is 11.4. The van der Waals surface area contributed by atoms with Crippen LogP contribution >= 0.6 is 11.8 Å². The van der Waals surface area contributed by atoms with Crippen LogP contribution in [0.3, 0.4) is 0 Å². The number of carboxylic acid groups (broad SMARTS) is 1. The van der Waals surface area contributed by atoms with E-state index in [0.29, 0.717) is 17.1 Å². The van der Waals surface area contributed by atoms with Gasteiger partial charge < -0.3 is 20.3 Å². The highest BCUT2D eigenvalue weighted by molar-refractivity contribution is 7.98. The Morgan fingerprint density at radius 2 is 1.94 bits per heavy atom. The fraction of sp³-hybridized carbons (Fsp3) is 0.417. The second-order valence-corrected chi connectivity index (χ2v) is 4.44. The summed E-state index contributed by atoms with van der Waals surface area (Å²) in [5, 5.41) is 8.84. The van der Waals surface area contributed by atoms with Crippen molar-refractivity contribution in [1.29, 1.82) is 0 Å². The molecule has 18 heavy (non-hydrogen) atoms. The molecule has 1 atom stereocenters. The number of hydrogen-bond acceptors (Lipinski definition) is 5. The van der Waals surface area contributed by atoms with E-state index in [2.05, 4.69) is 0 Å². The number of aliphatic carboxylic acids is 1. The quantitative estimate of drug-likeness (QED) is 0.769. The number of carbonyl (C=O) groups is 1. The van der Waals surface area contributed by atoms with Gasteiger partial charge in [0, 0.05) is 11.6 Å². The third-order valence-electron chi connectivity index (χ3n) is 2.53. The van der Waals surface area contributed by atoms with Crippen molar-refractivity contribution in [3.05, 3.63) is 17.7 Å². The SMILES string of the molecule is COc1ccc(OC)c(C(N)CC(=O)O)c1SC. The number of thioether (sulfide) groups is 1. The Morgan fingerprint density at radius 3 is 2.39 bits per heavy atom. The highest BCUT2D eigenvalue weighted by Gasteiger charge is 2.22. The predicted molar refractivity (Wildman–Crippen MR) is 70.5 cm³/mol. The number of hydrogen-bond donors (Lipinski definition) is 2. The first kappa shape index (κ1) is 14.7. The van der Waals surface area contributed by atoms with Crippen LogP contribution in [0.15, 0.2) is 17.0 Å². The van der Waals surface area contributed by atoms with Crippen LogP contribution in [0.4, 0.5) is 0 Å². The lowest BCUT2D eigenvalue weighted by Gasteiger charge is -2.19. The van der Waals surface area contributed by atoms with E-state index in [-0.39, 0.29) is 6.42 Å². The molecule has 1 rings (SSSR count). The maximum absolute atomic E-state index is 10.8. The normalized spacial score (nSPS) is 12.0. The molecule has 3 N–H and O–H groups in total. The summed E-state index contributed by atoms with van der Waals surface area (Å²) in [6, 6.07) is 2.88. The number of nitrogens with two attached hydrogens (primary N) is 1. The van der Waals surface area contributed by atoms with Gasteiger partial charge in [0.15, 0.2) is 0 Å². The molecule has 0 saturated carbocycles. The van der Waals surface area contributed by atoms with Crippen LogP contribution < -0.4 is 15.2 Å². The molecular weight excluding hydrogens is 254 g/mol. The summed E-state index contributed by atoms with van der Waals surface area (Å²) in [6.45, 7) is 0. The van der Waals surface area contributed by atoms with Crippen molar-refractivity contribution in [1.82, 2.24) is 0 Å². The minimum absolute atomic E-state index is 0.156. The number of methoxy groups -OCH3 is 2. The van der Waals surface area contributed by atoms with Gasteiger partial charge in [-0.15, -0.1) is 11.8 Å². The van der Waals surface area contributed by atoms with Crippen LogP contribution in [0.5, 0.6) is 11.5 Å². The van der Waals surface area contributed by atoms with E-state index in [1.165, 1.54) is 18.9 Å². The Balaban J connectivity index is 3.31. The maximum atomic E-state index is 10.8. The van der Waals surface area contributed by atoms with Crippen molar-refractivity contribution in [2.75, 3.05) is 20.5 Å². The first-order valence-corrected chi connectivity index (χ1v) is 6.53. The van der Waals surface area contributed by atoms with Crippen LogP contribution in [0.2, 0.25) is 0 Å². The largest absolute Gasteiger partial charge is 0.496 e. The molecule has 0 saturated heterocycles. The van der Waals surface area contributed by atoms with Crippen molar-refractivity contribution in [2.24, 2.45) is 5.73 Å². The summed E-state index contributed by atoms with van der Waals surface area (Å²) in [7, 11) is 3.09. The first-order chi connectivity index (χ1) is 8.54. The highest BCUT2D eigenvalue weighted by Crippen LogP contribution is 2.40. The number of benzene rings is 1. The summed E-state index contributed by atoms with van der Waals surface area (Å²) in [5.41, 5.74) is 6.62. The Kier molecular flexibility index (Phi) is 5.30. The average Bonchev–Trinajstić information content (AvgIpc) is 2.35. The van der Waals surface area contributed by atoms with Gasteiger partial charge in [-0.1, -0.05) is 0 Å². The molecule has 1 aromatic carbocycles. The first-order valence-electron chi connectivity index (χ1n) is 5.31. The second-order valence-electron chi connectivity index (χ2n) is 3.62. The molecule has 1 aromatic rings. The van der Waals surface area contributed by atoms with Gasteiger partial charge in [0.1, 0.15) is 11.5 Å². The molecule has 0 radical (unpaired) electrons. The van der Waals surface area contributed by atoms with E-state index in [1.807, 2.05) is 6.26 Å². The monoisotopic (exact) mass is 271 g/mol. The molecule has 0 heterocycles. The van der Waals surface area contributed by atoms with Crippen LogP contribution in [0.1, 0.15) is 18.0 Å². The molecule has 100 valence electrons. The molecule has 0 aromatic heterocycles.